The summed E-state index contributed by atoms with van der Waals surface area (Å²) < 4.78 is 0. The number of Topliss-reactive ketones (excluding diaryl/α,β-unsaturated/α-hetero) is 1. The summed E-state index contributed by atoms with van der Waals surface area (Å²) in [6.45, 7) is 0.716. The molecule has 1 aromatic rings. The van der Waals surface area contributed by atoms with Crippen molar-refractivity contribution in [1.82, 2.24) is 14.9 Å². The highest BCUT2D eigenvalue weighted by atomic mass is 35.5. The molecular formula is C14H17ClN4O2. The van der Waals surface area contributed by atoms with Gasteiger partial charge in [-0.25, -0.2) is 9.97 Å². The second-order valence-corrected chi connectivity index (χ2v) is 5.89. The molecule has 2 atom stereocenters. The first kappa shape index (κ1) is 14.3. The van der Waals surface area contributed by atoms with Gasteiger partial charge in [0.05, 0.1) is 6.54 Å². The van der Waals surface area contributed by atoms with Crippen LogP contribution in [0.25, 0.3) is 0 Å². The second-order valence-electron chi connectivity index (χ2n) is 5.53. The summed E-state index contributed by atoms with van der Waals surface area (Å²) in [6.07, 6.45) is 6.35. The summed E-state index contributed by atoms with van der Waals surface area (Å²) in [5, 5.41) is 3.18. The molecule has 2 fully saturated rings. The van der Waals surface area contributed by atoms with Crippen LogP contribution in [0.15, 0.2) is 12.4 Å². The Morgan fingerprint density at radius 2 is 2.14 bits per heavy atom. The van der Waals surface area contributed by atoms with Crippen molar-refractivity contribution in [3.05, 3.63) is 17.5 Å². The van der Waals surface area contributed by atoms with Gasteiger partial charge in [-0.2, -0.15) is 0 Å². The largest absolute Gasteiger partial charge is 0.360 e. The van der Waals surface area contributed by atoms with Crippen LogP contribution in [0.5, 0.6) is 0 Å². The van der Waals surface area contributed by atoms with Gasteiger partial charge in [-0.3, -0.25) is 9.59 Å². The fraction of sp³-hybridized carbons (Fsp3) is 0.571. The van der Waals surface area contributed by atoms with E-state index in [1.54, 1.807) is 0 Å². The van der Waals surface area contributed by atoms with E-state index >= 15 is 0 Å². The molecular weight excluding hydrogens is 292 g/mol. The van der Waals surface area contributed by atoms with E-state index in [4.69, 9.17) is 11.6 Å². The predicted octanol–water partition coefficient (Wildman–Crippen LogP) is 1.51. The van der Waals surface area contributed by atoms with Gasteiger partial charge in [-0.1, -0.05) is 11.6 Å². The molecule has 112 valence electrons. The highest BCUT2D eigenvalue weighted by molar-refractivity contribution is 6.31. The standard InChI is InChI=1S/C14H17ClN4O2/c15-13-14(17-6-5-16-13)18-7-11(20)9-1-2-10-3-4-12(21)19(10)8-9/h5-6,9-10H,1-4,7-8H2,(H,17,18). The van der Waals surface area contributed by atoms with Crippen molar-refractivity contribution in [2.24, 2.45) is 5.92 Å². The van der Waals surface area contributed by atoms with Crippen LogP contribution >= 0.6 is 11.6 Å². The summed E-state index contributed by atoms with van der Waals surface area (Å²) in [5.41, 5.74) is 0. The third kappa shape index (κ3) is 3.00. The Morgan fingerprint density at radius 3 is 2.95 bits per heavy atom. The minimum absolute atomic E-state index is 0.0914. The molecule has 0 bridgehead atoms. The third-order valence-corrected chi connectivity index (χ3v) is 4.53. The smallest absolute Gasteiger partial charge is 0.222 e. The van der Waals surface area contributed by atoms with Gasteiger partial charge in [0.15, 0.2) is 16.8 Å². The van der Waals surface area contributed by atoms with E-state index in [9.17, 15) is 9.59 Å². The molecule has 3 rings (SSSR count). The lowest BCUT2D eigenvalue weighted by Gasteiger charge is -2.34. The van der Waals surface area contributed by atoms with Crippen molar-refractivity contribution < 1.29 is 9.59 Å². The van der Waals surface area contributed by atoms with Crippen molar-refractivity contribution >= 4 is 29.1 Å². The van der Waals surface area contributed by atoms with Crippen LogP contribution < -0.4 is 5.32 Å². The van der Waals surface area contributed by atoms with Crippen molar-refractivity contribution in [3.8, 4) is 0 Å². The number of hydrogen-bond donors (Lipinski definition) is 1. The van der Waals surface area contributed by atoms with Crippen LogP contribution in [0.1, 0.15) is 25.7 Å². The molecule has 0 aromatic carbocycles. The van der Waals surface area contributed by atoms with Gasteiger partial charge < -0.3 is 10.2 Å². The first-order valence-electron chi connectivity index (χ1n) is 7.17. The van der Waals surface area contributed by atoms with Crippen molar-refractivity contribution in [2.45, 2.75) is 31.7 Å². The highest BCUT2D eigenvalue weighted by Crippen LogP contribution is 2.31. The number of amides is 1. The van der Waals surface area contributed by atoms with Gasteiger partial charge in [-0.05, 0) is 19.3 Å². The zero-order valence-electron chi connectivity index (χ0n) is 11.6. The highest BCUT2D eigenvalue weighted by Gasteiger charge is 2.38. The Labute approximate surface area is 127 Å². The number of piperidine rings is 1. The molecule has 0 radical (unpaired) electrons. The van der Waals surface area contributed by atoms with Gasteiger partial charge in [0.1, 0.15) is 0 Å². The fourth-order valence-corrected chi connectivity index (χ4v) is 3.26. The topological polar surface area (TPSA) is 75.2 Å². The summed E-state index contributed by atoms with van der Waals surface area (Å²) in [7, 11) is 0. The maximum Gasteiger partial charge on any atom is 0.222 e. The quantitative estimate of drug-likeness (QED) is 0.912. The minimum Gasteiger partial charge on any atom is -0.360 e. The number of rotatable bonds is 4. The lowest BCUT2D eigenvalue weighted by molar-refractivity contribution is -0.132. The van der Waals surface area contributed by atoms with E-state index in [-0.39, 0.29) is 29.3 Å². The average Bonchev–Trinajstić information content (AvgIpc) is 2.87. The van der Waals surface area contributed by atoms with E-state index in [1.807, 2.05) is 4.90 Å². The molecule has 2 aliphatic heterocycles. The molecule has 2 aliphatic rings. The van der Waals surface area contributed by atoms with Crippen LogP contribution in [0.3, 0.4) is 0 Å². The van der Waals surface area contributed by atoms with Crippen LogP contribution in [-0.4, -0.2) is 45.7 Å². The van der Waals surface area contributed by atoms with E-state index < -0.39 is 0 Å². The number of carbonyl (C=O) groups is 2. The van der Waals surface area contributed by atoms with Crippen LogP contribution in [0, 0.1) is 5.92 Å². The molecule has 7 heteroatoms. The molecule has 2 unspecified atom stereocenters. The van der Waals surface area contributed by atoms with Crippen molar-refractivity contribution in [1.29, 1.82) is 0 Å². The van der Waals surface area contributed by atoms with E-state index in [1.165, 1.54) is 12.4 Å². The SMILES string of the molecule is O=C(CNc1nccnc1Cl)C1CCC2CCC(=O)N2C1. The number of aromatic nitrogens is 2. The molecule has 0 saturated carbocycles. The monoisotopic (exact) mass is 308 g/mol. The number of halogens is 1. The second kappa shape index (κ2) is 5.97. The number of ketones is 1. The van der Waals surface area contributed by atoms with Gasteiger partial charge >= 0.3 is 0 Å². The van der Waals surface area contributed by atoms with Gasteiger partial charge in [0, 0.05) is 37.3 Å². The summed E-state index contributed by atoms with van der Waals surface area (Å²) in [5.74, 6) is 0.599. The number of carbonyl (C=O) groups excluding carboxylic acids is 2. The summed E-state index contributed by atoms with van der Waals surface area (Å²) in [4.78, 5) is 33.9. The Bertz CT molecular complexity index is 566. The molecule has 1 amide bonds. The average molecular weight is 309 g/mol. The Morgan fingerprint density at radius 1 is 1.33 bits per heavy atom. The lowest BCUT2D eigenvalue weighted by atomic mass is 9.90. The number of hydrogen-bond acceptors (Lipinski definition) is 5. The van der Waals surface area contributed by atoms with Crippen molar-refractivity contribution in [2.75, 3.05) is 18.4 Å². The number of nitrogens with zero attached hydrogens (tertiary/aromatic N) is 3. The summed E-state index contributed by atoms with van der Waals surface area (Å²) >= 11 is 5.89. The Hall–Kier alpha value is -1.69. The molecule has 3 heterocycles. The third-order valence-electron chi connectivity index (χ3n) is 4.26. The normalized spacial score (nSPS) is 24.8. The first-order chi connectivity index (χ1) is 10.1. The number of fused-ring (bicyclic) bond motifs is 1. The maximum atomic E-state index is 12.3. The minimum atomic E-state index is -0.0914. The van der Waals surface area contributed by atoms with Crippen LogP contribution in [0.2, 0.25) is 5.15 Å². The number of anilines is 1. The van der Waals surface area contributed by atoms with Crippen molar-refractivity contribution in [3.63, 3.8) is 0 Å². The molecule has 1 aromatic heterocycles. The molecule has 6 nitrogen and oxygen atoms in total. The zero-order valence-corrected chi connectivity index (χ0v) is 12.3. The Kier molecular flexibility index (Phi) is 4.05. The molecule has 0 aliphatic carbocycles. The fourth-order valence-electron chi connectivity index (χ4n) is 3.08. The van der Waals surface area contributed by atoms with Gasteiger partial charge in [0.2, 0.25) is 5.91 Å². The zero-order chi connectivity index (χ0) is 14.8. The summed E-state index contributed by atoms with van der Waals surface area (Å²) in [6, 6.07) is 0.351. The van der Waals surface area contributed by atoms with E-state index in [0.717, 1.165) is 19.3 Å². The predicted molar refractivity (Wildman–Crippen MR) is 78.0 cm³/mol. The van der Waals surface area contributed by atoms with Crippen LogP contribution in [-0.2, 0) is 9.59 Å². The first-order valence-corrected chi connectivity index (χ1v) is 7.55. The molecule has 1 N–H and O–H groups in total. The van der Waals surface area contributed by atoms with Crippen LogP contribution in [0.4, 0.5) is 5.82 Å². The van der Waals surface area contributed by atoms with Gasteiger partial charge in [0.25, 0.3) is 0 Å². The van der Waals surface area contributed by atoms with E-state index in [2.05, 4.69) is 15.3 Å². The molecule has 0 spiro atoms. The van der Waals surface area contributed by atoms with E-state index in [0.29, 0.717) is 24.8 Å². The maximum absolute atomic E-state index is 12.3. The lowest BCUT2D eigenvalue weighted by Crippen LogP contribution is -2.44. The molecule has 2 saturated heterocycles. The Balaban J connectivity index is 1.56. The van der Waals surface area contributed by atoms with Gasteiger partial charge in [-0.15, -0.1) is 0 Å². The number of nitrogens with one attached hydrogen (secondary N) is 1. The molecule has 21 heavy (non-hydrogen) atoms.